The molecule has 1 aromatic heterocycles. The molecule has 1 aromatic carbocycles. The van der Waals surface area contributed by atoms with Gasteiger partial charge in [-0.3, -0.25) is 4.98 Å². The first-order valence-corrected chi connectivity index (χ1v) is 7.32. The van der Waals surface area contributed by atoms with E-state index in [9.17, 15) is 0 Å². The van der Waals surface area contributed by atoms with E-state index in [-0.39, 0.29) is 6.04 Å². The van der Waals surface area contributed by atoms with Crippen molar-refractivity contribution in [2.24, 2.45) is 5.73 Å². The topological polar surface area (TPSA) is 48.1 Å². The zero-order valence-corrected chi connectivity index (χ0v) is 13.6. The van der Waals surface area contributed by atoms with Crippen molar-refractivity contribution in [3.05, 3.63) is 57.3 Å². The van der Waals surface area contributed by atoms with Gasteiger partial charge in [-0.05, 0) is 55.7 Å². The van der Waals surface area contributed by atoms with E-state index in [1.54, 1.807) is 7.11 Å². The van der Waals surface area contributed by atoms with Crippen LogP contribution in [0.4, 0.5) is 0 Å². The molecule has 0 aliphatic rings. The van der Waals surface area contributed by atoms with E-state index in [1.807, 2.05) is 32.0 Å². The Hall–Kier alpha value is -1.39. The van der Waals surface area contributed by atoms with Crippen molar-refractivity contribution >= 4 is 15.9 Å². The third-order valence-corrected chi connectivity index (χ3v) is 3.84. The summed E-state index contributed by atoms with van der Waals surface area (Å²) in [6, 6.07) is 9.94. The third-order valence-electron chi connectivity index (χ3n) is 3.35. The fourth-order valence-corrected chi connectivity index (χ4v) is 2.75. The second kappa shape index (κ2) is 6.37. The van der Waals surface area contributed by atoms with Crippen LogP contribution in [0.1, 0.15) is 28.6 Å². The number of methoxy groups -OCH3 is 1. The van der Waals surface area contributed by atoms with Gasteiger partial charge >= 0.3 is 0 Å². The maximum atomic E-state index is 6.34. The summed E-state index contributed by atoms with van der Waals surface area (Å²) in [7, 11) is 1.68. The molecule has 2 aromatic rings. The van der Waals surface area contributed by atoms with Gasteiger partial charge < -0.3 is 10.5 Å². The van der Waals surface area contributed by atoms with E-state index in [0.717, 1.165) is 32.7 Å². The molecule has 0 amide bonds. The van der Waals surface area contributed by atoms with E-state index >= 15 is 0 Å². The first kappa shape index (κ1) is 15.0. The van der Waals surface area contributed by atoms with Crippen LogP contribution in [0.5, 0.6) is 5.75 Å². The minimum absolute atomic E-state index is 0.0914. The Labute approximate surface area is 128 Å². The summed E-state index contributed by atoms with van der Waals surface area (Å²) in [4.78, 5) is 4.48. The van der Waals surface area contributed by atoms with Gasteiger partial charge in [-0.15, -0.1) is 0 Å². The van der Waals surface area contributed by atoms with Gasteiger partial charge in [0.1, 0.15) is 5.75 Å². The summed E-state index contributed by atoms with van der Waals surface area (Å²) in [6.45, 7) is 3.99. The highest BCUT2D eigenvalue weighted by Gasteiger charge is 2.14. The number of hydrogen-bond acceptors (Lipinski definition) is 3. The minimum atomic E-state index is -0.0914. The van der Waals surface area contributed by atoms with Crippen LogP contribution >= 0.6 is 15.9 Å². The van der Waals surface area contributed by atoms with Crippen LogP contribution < -0.4 is 10.5 Å². The lowest BCUT2D eigenvalue weighted by Crippen LogP contribution is -2.16. The van der Waals surface area contributed by atoms with Crippen molar-refractivity contribution in [3.8, 4) is 5.75 Å². The van der Waals surface area contributed by atoms with E-state index in [2.05, 4.69) is 33.0 Å². The molecule has 3 nitrogen and oxygen atoms in total. The maximum absolute atomic E-state index is 6.34. The molecule has 0 spiro atoms. The van der Waals surface area contributed by atoms with Gasteiger partial charge in [-0.1, -0.05) is 22.0 Å². The monoisotopic (exact) mass is 334 g/mol. The molecule has 20 heavy (non-hydrogen) atoms. The molecule has 4 heteroatoms. The molecular weight excluding hydrogens is 316 g/mol. The average Bonchev–Trinajstić information content (AvgIpc) is 2.38. The predicted molar refractivity (Wildman–Crippen MR) is 85.0 cm³/mol. The summed E-state index contributed by atoms with van der Waals surface area (Å²) in [5.41, 5.74) is 10.5. The van der Waals surface area contributed by atoms with Gasteiger partial charge in [0.25, 0.3) is 0 Å². The van der Waals surface area contributed by atoms with E-state index in [1.165, 1.54) is 0 Å². The Morgan fingerprint density at radius 1 is 1.25 bits per heavy atom. The summed E-state index contributed by atoms with van der Waals surface area (Å²) in [5, 5.41) is 0. The number of aromatic nitrogens is 1. The lowest BCUT2D eigenvalue weighted by molar-refractivity contribution is 0.408. The number of hydrogen-bond donors (Lipinski definition) is 1. The molecule has 2 N–H and O–H groups in total. The Bertz CT molecular complexity index is 613. The highest BCUT2D eigenvalue weighted by Crippen LogP contribution is 2.27. The van der Waals surface area contributed by atoms with Gasteiger partial charge in [0.2, 0.25) is 0 Å². The van der Waals surface area contributed by atoms with Crippen LogP contribution in [-0.2, 0) is 6.42 Å². The van der Waals surface area contributed by atoms with Gasteiger partial charge in [-0.2, -0.15) is 0 Å². The second-order valence-electron chi connectivity index (χ2n) is 4.89. The van der Waals surface area contributed by atoms with Crippen molar-refractivity contribution in [3.63, 3.8) is 0 Å². The first-order valence-electron chi connectivity index (χ1n) is 6.53. The molecule has 106 valence electrons. The molecule has 0 saturated heterocycles. The van der Waals surface area contributed by atoms with Crippen LogP contribution in [0.2, 0.25) is 0 Å². The van der Waals surface area contributed by atoms with Crippen LogP contribution in [0.25, 0.3) is 0 Å². The third kappa shape index (κ3) is 3.38. The highest BCUT2D eigenvalue weighted by atomic mass is 79.9. The molecule has 2 rings (SSSR count). The van der Waals surface area contributed by atoms with E-state index in [0.29, 0.717) is 6.42 Å². The summed E-state index contributed by atoms with van der Waals surface area (Å²) < 4.78 is 6.42. The number of aryl methyl sites for hydroxylation is 2. The van der Waals surface area contributed by atoms with Crippen LogP contribution in [0.3, 0.4) is 0 Å². The molecular formula is C16H19BrN2O. The number of nitrogens with two attached hydrogens (primary N) is 1. The summed E-state index contributed by atoms with van der Waals surface area (Å²) in [5.74, 6) is 0.862. The molecule has 0 aliphatic carbocycles. The second-order valence-corrected chi connectivity index (χ2v) is 5.81. The highest BCUT2D eigenvalue weighted by molar-refractivity contribution is 9.10. The molecule has 0 fully saturated rings. The SMILES string of the molecule is COc1ccc(Br)cc1CC(N)c1ccc(C)nc1C. The van der Waals surface area contributed by atoms with Gasteiger partial charge in [-0.25, -0.2) is 0 Å². The zero-order chi connectivity index (χ0) is 14.7. The minimum Gasteiger partial charge on any atom is -0.496 e. The molecule has 0 bridgehead atoms. The fraction of sp³-hybridized carbons (Fsp3) is 0.312. The molecule has 0 radical (unpaired) electrons. The first-order chi connectivity index (χ1) is 9.51. The number of pyridine rings is 1. The average molecular weight is 335 g/mol. The van der Waals surface area contributed by atoms with Gasteiger partial charge in [0, 0.05) is 21.9 Å². The molecule has 1 heterocycles. The lowest BCUT2D eigenvalue weighted by atomic mass is 9.98. The van der Waals surface area contributed by atoms with Crippen molar-refractivity contribution in [1.29, 1.82) is 0 Å². The normalized spacial score (nSPS) is 12.2. The lowest BCUT2D eigenvalue weighted by Gasteiger charge is -2.17. The maximum Gasteiger partial charge on any atom is 0.122 e. The van der Waals surface area contributed by atoms with Gasteiger partial charge in [0.15, 0.2) is 0 Å². The van der Waals surface area contributed by atoms with E-state index < -0.39 is 0 Å². The number of halogens is 1. The van der Waals surface area contributed by atoms with Crippen molar-refractivity contribution in [2.45, 2.75) is 26.3 Å². The summed E-state index contributed by atoms with van der Waals surface area (Å²) >= 11 is 3.49. The fourth-order valence-electron chi connectivity index (χ4n) is 2.34. The zero-order valence-electron chi connectivity index (χ0n) is 12.0. The van der Waals surface area contributed by atoms with Gasteiger partial charge in [0.05, 0.1) is 7.11 Å². The number of rotatable bonds is 4. The van der Waals surface area contributed by atoms with E-state index in [4.69, 9.17) is 10.5 Å². The van der Waals surface area contributed by atoms with Crippen LogP contribution in [0.15, 0.2) is 34.8 Å². The number of benzene rings is 1. The Balaban J connectivity index is 2.27. The van der Waals surface area contributed by atoms with Crippen LogP contribution in [0, 0.1) is 13.8 Å². The van der Waals surface area contributed by atoms with Crippen molar-refractivity contribution in [2.75, 3.05) is 7.11 Å². The van der Waals surface area contributed by atoms with Crippen molar-refractivity contribution in [1.82, 2.24) is 4.98 Å². The predicted octanol–water partition coefficient (Wildman–Crippen LogP) is 3.71. The number of ether oxygens (including phenoxy) is 1. The smallest absolute Gasteiger partial charge is 0.122 e. The summed E-state index contributed by atoms with van der Waals surface area (Å²) in [6.07, 6.45) is 0.716. The molecule has 1 atom stereocenters. The molecule has 0 saturated carbocycles. The van der Waals surface area contributed by atoms with Crippen molar-refractivity contribution < 1.29 is 4.74 Å². The Kier molecular flexibility index (Phi) is 4.78. The number of nitrogens with zero attached hydrogens (tertiary/aromatic N) is 1. The van der Waals surface area contributed by atoms with Crippen LogP contribution in [-0.4, -0.2) is 12.1 Å². The Morgan fingerprint density at radius 2 is 2.00 bits per heavy atom. The molecule has 0 aliphatic heterocycles. The Morgan fingerprint density at radius 3 is 2.65 bits per heavy atom. The largest absolute Gasteiger partial charge is 0.496 e. The molecule has 1 unspecified atom stereocenters. The standard InChI is InChI=1S/C16H19BrN2O/c1-10-4-6-14(11(2)19-10)15(18)9-12-8-13(17)5-7-16(12)20-3/h4-8,15H,9,18H2,1-3H3. The quantitative estimate of drug-likeness (QED) is 0.927.